The lowest BCUT2D eigenvalue weighted by Crippen LogP contribution is -2.15. The highest BCUT2D eigenvalue weighted by Gasteiger charge is 2.13. The highest BCUT2D eigenvalue weighted by molar-refractivity contribution is 6.06. The number of amides is 2. The molecule has 0 saturated carbocycles. The summed E-state index contributed by atoms with van der Waals surface area (Å²) in [5, 5.41) is 8.27. The summed E-state index contributed by atoms with van der Waals surface area (Å²) in [4.78, 5) is 43.1. The summed E-state index contributed by atoms with van der Waals surface area (Å²) in [5.74, 6) is -0.747. The van der Waals surface area contributed by atoms with Gasteiger partial charge >= 0.3 is 0 Å². The van der Waals surface area contributed by atoms with E-state index in [0.717, 1.165) is 27.2 Å². The van der Waals surface area contributed by atoms with Gasteiger partial charge in [-0.1, -0.05) is 12.1 Å². The van der Waals surface area contributed by atoms with Crippen LogP contribution in [-0.4, -0.2) is 31.8 Å². The van der Waals surface area contributed by atoms with Crippen LogP contribution in [0.25, 0.3) is 32.8 Å². The Morgan fingerprint density at radius 3 is 1.56 bits per heavy atom. The summed E-state index contributed by atoms with van der Waals surface area (Å²) in [7, 11) is 0. The van der Waals surface area contributed by atoms with E-state index in [1.807, 2.05) is 48.5 Å². The predicted molar refractivity (Wildman–Crippen MR) is 139 cm³/mol. The van der Waals surface area contributed by atoms with Crippen LogP contribution in [0.2, 0.25) is 0 Å². The summed E-state index contributed by atoms with van der Waals surface area (Å²) in [5.41, 5.74) is 3.65. The second-order valence-corrected chi connectivity index (χ2v) is 8.17. The first-order valence-electron chi connectivity index (χ1n) is 11.2. The minimum absolute atomic E-state index is 0.195. The largest absolute Gasteiger partial charge is 0.321 e. The Labute approximate surface area is 205 Å². The van der Waals surface area contributed by atoms with Gasteiger partial charge in [0.05, 0.1) is 11.0 Å². The quantitative estimate of drug-likeness (QED) is 0.365. The number of fused-ring (bicyclic) bond motifs is 3. The van der Waals surface area contributed by atoms with Gasteiger partial charge in [-0.05, 0) is 72.8 Å². The highest BCUT2D eigenvalue weighted by atomic mass is 16.2. The fourth-order valence-electron chi connectivity index (χ4n) is 3.95. The number of anilines is 2. The van der Waals surface area contributed by atoms with Crippen molar-refractivity contribution in [2.75, 3.05) is 10.6 Å². The van der Waals surface area contributed by atoms with Gasteiger partial charge in [-0.15, -0.1) is 0 Å². The maximum atomic E-state index is 12.9. The molecule has 2 amide bonds. The summed E-state index contributed by atoms with van der Waals surface area (Å²) in [6.45, 7) is 0. The van der Waals surface area contributed by atoms with E-state index in [1.165, 1.54) is 0 Å². The molecule has 6 rings (SSSR count). The van der Waals surface area contributed by atoms with Crippen molar-refractivity contribution in [1.82, 2.24) is 19.9 Å². The molecule has 2 aromatic carbocycles. The van der Waals surface area contributed by atoms with Crippen LogP contribution in [0.5, 0.6) is 0 Å². The first-order chi connectivity index (χ1) is 17.6. The molecule has 0 bridgehead atoms. The molecule has 0 aliphatic rings. The van der Waals surface area contributed by atoms with E-state index in [-0.39, 0.29) is 23.2 Å². The summed E-state index contributed by atoms with van der Waals surface area (Å²) in [6, 6.07) is 25.3. The zero-order valence-electron chi connectivity index (χ0n) is 18.8. The van der Waals surface area contributed by atoms with Crippen molar-refractivity contribution >= 4 is 56.0 Å². The van der Waals surface area contributed by atoms with E-state index in [2.05, 4.69) is 30.6 Å². The summed E-state index contributed by atoms with van der Waals surface area (Å²) < 4.78 is 0. The molecule has 36 heavy (non-hydrogen) atoms. The Hall–Kier alpha value is -5.24. The van der Waals surface area contributed by atoms with Gasteiger partial charge in [0, 0.05) is 39.9 Å². The lowest BCUT2D eigenvalue weighted by Gasteiger charge is -2.08. The topological polar surface area (TPSA) is 110 Å². The van der Waals surface area contributed by atoms with E-state index >= 15 is 0 Å². The fraction of sp³-hybridized carbons (Fsp3) is 0. The van der Waals surface area contributed by atoms with Gasteiger partial charge in [0.2, 0.25) is 0 Å². The number of carbonyl (C=O) groups excluding carboxylic acids is 2. The minimum atomic E-state index is -0.374. The highest BCUT2D eigenvalue weighted by Crippen LogP contribution is 2.20. The number of hydrogen-bond acceptors (Lipinski definition) is 6. The van der Waals surface area contributed by atoms with Crippen molar-refractivity contribution in [1.29, 1.82) is 0 Å². The van der Waals surface area contributed by atoms with Gasteiger partial charge in [0.15, 0.2) is 5.65 Å². The number of carbonyl (C=O) groups is 2. The lowest BCUT2D eigenvalue weighted by molar-refractivity contribution is 0.101. The van der Waals surface area contributed by atoms with Crippen LogP contribution in [0, 0.1) is 0 Å². The average Bonchev–Trinajstić information content (AvgIpc) is 2.92. The van der Waals surface area contributed by atoms with E-state index in [4.69, 9.17) is 0 Å². The average molecular weight is 470 g/mol. The van der Waals surface area contributed by atoms with Gasteiger partial charge in [-0.2, -0.15) is 0 Å². The molecule has 8 nitrogen and oxygen atoms in total. The van der Waals surface area contributed by atoms with E-state index in [9.17, 15) is 9.59 Å². The van der Waals surface area contributed by atoms with Crippen LogP contribution < -0.4 is 10.6 Å². The fourth-order valence-corrected chi connectivity index (χ4v) is 3.95. The predicted octanol–water partition coefficient (Wildman–Crippen LogP) is 5.23. The van der Waals surface area contributed by atoms with Gasteiger partial charge in [-0.25, -0.2) is 9.97 Å². The summed E-state index contributed by atoms with van der Waals surface area (Å²) in [6.07, 6.45) is 3.45. The van der Waals surface area contributed by atoms with Crippen molar-refractivity contribution in [2.24, 2.45) is 0 Å². The molecule has 0 spiro atoms. The number of rotatable bonds is 4. The maximum absolute atomic E-state index is 12.9. The molecule has 0 unspecified atom stereocenters. The smallest absolute Gasteiger partial charge is 0.274 e. The number of nitrogens with zero attached hydrogens (tertiary/aromatic N) is 4. The standard InChI is InChI=1S/C28H18N6O2/c35-27(31-20-7-11-22-18(15-20)3-1-13-29-22)24-9-5-17-6-10-25(34-26(17)33-24)28(36)32-21-8-12-23-19(16-21)4-2-14-30-23/h1-16H,(H,31,35)(H,32,36). The summed E-state index contributed by atoms with van der Waals surface area (Å²) >= 11 is 0. The second-order valence-electron chi connectivity index (χ2n) is 8.17. The SMILES string of the molecule is O=C(Nc1ccc2ncccc2c1)c1ccc2ccc(C(=O)Nc3ccc4ncccc4c3)nc2n1. The first-order valence-corrected chi connectivity index (χ1v) is 11.2. The Bertz CT molecular complexity index is 1670. The molecule has 0 radical (unpaired) electrons. The minimum Gasteiger partial charge on any atom is -0.321 e. The van der Waals surface area contributed by atoms with Crippen molar-refractivity contribution in [2.45, 2.75) is 0 Å². The Kier molecular flexibility index (Phi) is 5.23. The molecular weight excluding hydrogens is 452 g/mol. The van der Waals surface area contributed by atoms with E-state index < -0.39 is 0 Å². The third-order valence-electron chi connectivity index (χ3n) is 5.74. The van der Waals surface area contributed by atoms with Gasteiger partial charge in [0.1, 0.15) is 11.4 Å². The zero-order valence-corrected chi connectivity index (χ0v) is 18.8. The first kappa shape index (κ1) is 21.3. The van der Waals surface area contributed by atoms with Crippen LogP contribution >= 0.6 is 0 Å². The number of pyridine rings is 4. The van der Waals surface area contributed by atoms with Crippen LogP contribution in [0.4, 0.5) is 11.4 Å². The normalized spacial score (nSPS) is 11.0. The Morgan fingerprint density at radius 1 is 0.556 bits per heavy atom. The molecule has 172 valence electrons. The van der Waals surface area contributed by atoms with E-state index in [1.54, 1.807) is 48.8 Å². The van der Waals surface area contributed by atoms with Crippen LogP contribution in [0.15, 0.2) is 97.3 Å². The molecule has 6 aromatic rings. The van der Waals surface area contributed by atoms with Crippen molar-refractivity contribution < 1.29 is 9.59 Å². The molecule has 2 N–H and O–H groups in total. The zero-order chi connectivity index (χ0) is 24.5. The lowest BCUT2D eigenvalue weighted by atomic mass is 10.2. The van der Waals surface area contributed by atoms with Crippen molar-refractivity contribution in [3.8, 4) is 0 Å². The van der Waals surface area contributed by atoms with Crippen LogP contribution in [0.1, 0.15) is 21.0 Å². The third kappa shape index (κ3) is 4.19. The molecule has 0 aliphatic carbocycles. The molecule has 0 fully saturated rings. The monoisotopic (exact) mass is 470 g/mol. The number of benzene rings is 2. The second kappa shape index (κ2) is 8.84. The van der Waals surface area contributed by atoms with Crippen molar-refractivity contribution in [3.63, 3.8) is 0 Å². The van der Waals surface area contributed by atoms with Gasteiger partial charge < -0.3 is 10.6 Å². The van der Waals surface area contributed by atoms with E-state index in [0.29, 0.717) is 17.0 Å². The molecule has 4 aromatic heterocycles. The third-order valence-corrected chi connectivity index (χ3v) is 5.74. The molecule has 0 aliphatic heterocycles. The van der Waals surface area contributed by atoms with Gasteiger partial charge in [0.25, 0.3) is 11.8 Å². The molecule has 0 saturated heterocycles. The molecular formula is C28H18N6O2. The Morgan fingerprint density at radius 2 is 1.06 bits per heavy atom. The Balaban J connectivity index is 1.23. The van der Waals surface area contributed by atoms with Gasteiger partial charge in [-0.3, -0.25) is 19.6 Å². The number of hydrogen-bond donors (Lipinski definition) is 2. The van der Waals surface area contributed by atoms with Crippen LogP contribution in [0.3, 0.4) is 0 Å². The molecule has 0 atom stereocenters. The number of nitrogens with one attached hydrogen (secondary N) is 2. The number of aromatic nitrogens is 4. The van der Waals surface area contributed by atoms with Crippen LogP contribution in [-0.2, 0) is 0 Å². The maximum Gasteiger partial charge on any atom is 0.274 e. The molecule has 4 heterocycles. The van der Waals surface area contributed by atoms with Crippen molar-refractivity contribution in [3.05, 3.63) is 109 Å². The molecule has 8 heteroatoms.